The lowest BCUT2D eigenvalue weighted by atomic mass is 9.95. The third-order valence-electron chi connectivity index (χ3n) is 3.61. The van der Waals surface area contributed by atoms with Crippen LogP contribution in [0.15, 0.2) is 12.1 Å². The number of hydrogen-bond acceptors (Lipinski definition) is 6. The van der Waals surface area contributed by atoms with Crippen molar-refractivity contribution < 1.29 is 28.5 Å². The van der Waals surface area contributed by atoms with E-state index in [1.54, 1.807) is 33.5 Å². The van der Waals surface area contributed by atoms with Crippen LogP contribution in [0.4, 0.5) is 0 Å². The Hall–Kier alpha value is -1.95. The molecule has 6 heteroatoms. The standard InChI is InChI=1S/C15H20O6/c1-17-11-7-9(8-12(18-2)14(11)19-3)13-10(5-6-21-13)15(16)20-4/h7-8,10,13H,5-6H2,1-4H3/t10-,13+/m1/s1. The number of methoxy groups -OCH3 is 4. The van der Waals surface area contributed by atoms with Crippen molar-refractivity contribution in [3.63, 3.8) is 0 Å². The Kier molecular flexibility index (Phi) is 4.90. The average molecular weight is 296 g/mol. The number of esters is 1. The molecule has 21 heavy (non-hydrogen) atoms. The molecule has 0 N–H and O–H groups in total. The molecule has 1 aliphatic rings. The summed E-state index contributed by atoms with van der Waals surface area (Å²) >= 11 is 0. The van der Waals surface area contributed by atoms with E-state index in [0.717, 1.165) is 5.56 Å². The van der Waals surface area contributed by atoms with Crippen molar-refractivity contribution in [1.29, 1.82) is 0 Å². The highest BCUT2D eigenvalue weighted by atomic mass is 16.5. The number of hydrogen-bond donors (Lipinski definition) is 0. The molecule has 6 nitrogen and oxygen atoms in total. The first-order valence-electron chi connectivity index (χ1n) is 6.65. The highest BCUT2D eigenvalue weighted by molar-refractivity contribution is 5.74. The van der Waals surface area contributed by atoms with E-state index >= 15 is 0 Å². The van der Waals surface area contributed by atoms with Crippen molar-refractivity contribution in [2.24, 2.45) is 5.92 Å². The number of benzene rings is 1. The van der Waals surface area contributed by atoms with Crippen LogP contribution >= 0.6 is 0 Å². The summed E-state index contributed by atoms with van der Waals surface area (Å²) in [5.41, 5.74) is 0.803. The van der Waals surface area contributed by atoms with Gasteiger partial charge in [-0.15, -0.1) is 0 Å². The van der Waals surface area contributed by atoms with Crippen molar-refractivity contribution in [1.82, 2.24) is 0 Å². The summed E-state index contributed by atoms with van der Waals surface area (Å²) in [5.74, 6) is 0.984. The molecule has 0 spiro atoms. The van der Waals surface area contributed by atoms with E-state index in [1.165, 1.54) is 7.11 Å². The highest BCUT2D eigenvalue weighted by Gasteiger charge is 2.37. The normalized spacial score (nSPS) is 21.0. The zero-order valence-corrected chi connectivity index (χ0v) is 12.7. The second-order valence-electron chi connectivity index (χ2n) is 4.67. The molecular weight excluding hydrogens is 276 g/mol. The van der Waals surface area contributed by atoms with E-state index in [0.29, 0.717) is 30.3 Å². The Morgan fingerprint density at radius 3 is 2.19 bits per heavy atom. The van der Waals surface area contributed by atoms with Gasteiger partial charge in [0.25, 0.3) is 0 Å². The van der Waals surface area contributed by atoms with Crippen LogP contribution in [-0.2, 0) is 14.3 Å². The predicted octanol–water partition coefficient (Wildman–Crippen LogP) is 1.96. The van der Waals surface area contributed by atoms with Crippen LogP contribution in [0.3, 0.4) is 0 Å². The first-order chi connectivity index (χ1) is 10.2. The molecule has 116 valence electrons. The summed E-state index contributed by atoms with van der Waals surface area (Å²) in [6, 6.07) is 3.60. The van der Waals surface area contributed by atoms with Gasteiger partial charge < -0.3 is 23.7 Å². The van der Waals surface area contributed by atoms with Crippen LogP contribution in [-0.4, -0.2) is 41.0 Å². The Balaban J connectivity index is 2.41. The molecule has 0 aromatic heterocycles. The van der Waals surface area contributed by atoms with Crippen LogP contribution in [0, 0.1) is 5.92 Å². The molecule has 0 radical (unpaired) electrons. The topological polar surface area (TPSA) is 63.2 Å². The lowest BCUT2D eigenvalue weighted by Gasteiger charge is -2.20. The van der Waals surface area contributed by atoms with Crippen LogP contribution in [0.5, 0.6) is 17.2 Å². The number of carbonyl (C=O) groups excluding carboxylic acids is 1. The Labute approximate surface area is 123 Å². The van der Waals surface area contributed by atoms with Crippen molar-refractivity contribution in [3.8, 4) is 17.2 Å². The van der Waals surface area contributed by atoms with Gasteiger partial charge in [-0.05, 0) is 24.1 Å². The van der Waals surface area contributed by atoms with E-state index < -0.39 is 0 Å². The lowest BCUT2D eigenvalue weighted by molar-refractivity contribution is -0.147. The van der Waals surface area contributed by atoms with Gasteiger partial charge in [-0.25, -0.2) is 0 Å². The molecule has 2 rings (SSSR count). The molecule has 0 aliphatic carbocycles. The van der Waals surface area contributed by atoms with E-state index in [1.807, 2.05) is 0 Å². The molecule has 1 heterocycles. The first kappa shape index (κ1) is 15.4. The molecular formula is C15H20O6. The summed E-state index contributed by atoms with van der Waals surface area (Å²) in [5, 5.41) is 0. The van der Waals surface area contributed by atoms with Gasteiger partial charge in [0.2, 0.25) is 5.75 Å². The largest absolute Gasteiger partial charge is 0.493 e. The summed E-state index contributed by atoms with van der Waals surface area (Å²) in [6.45, 7) is 0.515. The van der Waals surface area contributed by atoms with Gasteiger partial charge in [0.15, 0.2) is 11.5 Å². The smallest absolute Gasteiger partial charge is 0.311 e. The summed E-state index contributed by atoms with van der Waals surface area (Å²) in [4.78, 5) is 11.8. The number of rotatable bonds is 5. The fourth-order valence-electron chi connectivity index (χ4n) is 2.58. The Morgan fingerprint density at radius 1 is 1.10 bits per heavy atom. The SMILES string of the molecule is COC(=O)[C@@H]1CCO[C@H]1c1cc(OC)c(OC)c(OC)c1. The number of carbonyl (C=O) groups is 1. The first-order valence-corrected chi connectivity index (χ1v) is 6.65. The minimum absolute atomic E-state index is 0.272. The third-order valence-corrected chi connectivity index (χ3v) is 3.61. The monoisotopic (exact) mass is 296 g/mol. The molecule has 0 amide bonds. The van der Waals surface area contributed by atoms with Crippen molar-refractivity contribution in [2.75, 3.05) is 35.0 Å². The zero-order valence-electron chi connectivity index (χ0n) is 12.7. The van der Waals surface area contributed by atoms with Gasteiger partial charge >= 0.3 is 5.97 Å². The fraction of sp³-hybridized carbons (Fsp3) is 0.533. The lowest BCUT2D eigenvalue weighted by Crippen LogP contribution is -2.19. The van der Waals surface area contributed by atoms with Crippen LogP contribution in [0.1, 0.15) is 18.1 Å². The highest BCUT2D eigenvalue weighted by Crippen LogP contribution is 2.43. The Bertz CT molecular complexity index is 488. The molecule has 0 unspecified atom stereocenters. The van der Waals surface area contributed by atoms with E-state index in [-0.39, 0.29) is 18.0 Å². The summed E-state index contributed by atoms with van der Waals surface area (Å²) in [6.07, 6.45) is 0.264. The quantitative estimate of drug-likeness (QED) is 0.774. The minimum Gasteiger partial charge on any atom is -0.493 e. The number of ether oxygens (including phenoxy) is 5. The second-order valence-corrected chi connectivity index (χ2v) is 4.67. The fourth-order valence-corrected chi connectivity index (χ4v) is 2.58. The van der Waals surface area contributed by atoms with Gasteiger partial charge in [-0.3, -0.25) is 4.79 Å². The van der Waals surface area contributed by atoms with Gasteiger partial charge in [0.05, 0.1) is 40.5 Å². The van der Waals surface area contributed by atoms with Crippen molar-refractivity contribution in [3.05, 3.63) is 17.7 Å². The summed E-state index contributed by atoms with van der Waals surface area (Å²) < 4.78 is 26.5. The average Bonchev–Trinajstić information content (AvgIpc) is 3.02. The summed E-state index contributed by atoms with van der Waals surface area (Å²) in [7, 11) is 6.03. The molecule has 1 saturated heterocycles. The van der Waals surface area contributed by atoms with Gasteiger partial charge in [0.1, 0.15) is 0 Å². The molecule has 1 aliphatic heterocycles. The molecule has 1 aromatic rings. The maximum atomic E-state index is 11.8. The van der Waals surface area contributed by atoms with Gasteiger partial charge in [-0.1, -0.05) is 0 Å². The van der Waals surface area contributed by atoms with Gasteiger partial charge in [-0.2, -0.15) is 0 Å². The van der Waals surface area contributed by atoms with E-state index in [2.05, 4.69) is 0 Å². The molecule has 1 aromatic carbocycles. The van der Waals surface area contributed by atoms with Crippen molar-refractivity contribution >= 4 is 5.97 Å². The third kappa shape index (κ3) is 2.90. The van der Waals surface area contributed by atoms with Crippen LogP contribution in [0.2, 0.25) is 0 Å². The van der Waals surface area contributed by atoms with E-state index in [4.69, 9.17) is 23.7 Å². The van der Waals surface area contributed by atoms with Gasteiger partial charge in [0, 0.05) is 6.61 Å². The molecule has 2 atom stereocenters. The molecule has 0 saturated carbocycles. The van der Waals surface area contributed by atoms with Crippen LogP contribution < -0.4 is 14.2 Å². The zero-order chi connectivity index (χ0) is 15.4. The van der Waals surface area contributed by atoms with Crippen LogP contribution in [0.25, 0.3) is 0 Å². The minimum atomic E-state index is -0.369. The second kappa shape index (κ2) is 6.67. The maximum absolute atomic E-state index is 11.8. The molecule has 0 bridgehead atoms. The Morgan fingerprint density at radius 2 is 1.71 bits per heavy atom. The predicted molar refractivity (Wildman–Crippen MR) is 74.9 cm³/mol. The van der Waals surface area contributed by atoms with E-state index in [9.17, 15) is 4.79 Å². The van der Waals surface area contributed by atoms with Crippen molar-refractivity contribution in [2.45, 2.75) is 12.5 Å². The maximum Gasteiger partial charge on any atom is 0.311 e. The molecule has 1 fully saturated rings.